The zero-order valence-corrected chi connectivity index (χ0v) is 13.4. The normalized spacial score (nSPS) is 11.7. The average Bonchev–Trinajstić information content (AvgIpc) is 2.57. The van der Waals surface area contributed by atoms with E-state index >= 15 is 0 Å². The first kappa shape index (κ1) is 16.8. The van der Waals surface area contributed by atoms with Gasteiger partial charge in [-0.25, -0.2) is 4.79 Å². The van der Waals surface area contributed by atoms with E-state index in [0.717, 1.165) is 17.2 Å². The number of hydrogen-bond donors (Lipinski definition) is 1. The van der Waals surface area contributed by atoms with Gasteiger partial charge in [-0.05, 0) is 36.2 Å². The SMILES string of the molecule is CC[C@H](C)NC(=O)COC(=O)COc1ccc2ccccc2c1. The number of carbonyl (C=O) groups is 2. The Bertz CT molecular complexity index is 684. The van der Waals surface area contributed by atoms with Crippen LogP contribution in [0.2, 0.25) is 0 Å². The number of hydrogen-bond acceptors (Lipinski definition) is 4. The number of amides is 1. The van der Waals surface area contributed by atoms with Crippen LogP contribution in [0.25, 0.3) is 10.8 Å². The van der Waals surface area contributed by atoms with Gasteiger partial charge in [-0.3, -0.25) is 4.79 Å². The van der Waals surface area contributed by atoms with Crippen molar-refractivity contribution in [3.8, 4) is 5.75 Å². The van der Waals surface area contributed by atoms with Crippen molar-refractivity contribution in [2.45, 2.75) is 26.3 Å². The summed E-state index contributed by atoms with van der Waals surface area (Å²) in [4.78, 5) is 23.1. The second kappa shape index (κ2) is 8.17. The fourth-order valence-electron chi connectivity index (χ4n) is 2.01. The third-order valence-electron chi connectivity index (χ3n) is 3.46. The average molecular weight is 315 g/mol. The topological polar surface area (TPSA) is 64.6 Å². The summed E-state index contributed by atoms with van der Waals surface area (Å²) in [6.45, 7) is 3.34. The molecule has 0 radical (unpaired) electrons. The minimum absolute atomic E-state index is 0.0649. The molecular weight excluding hydrogens is 294 g/mol. The Balaban J connectivity index is 1.78. The maximum atomic E-state index is 11.6. The Morgan fingerprint density at radius 1 is 1.09 bits per heavy atom. The summed E-state index contributed by atoms with van der Waals surface area (Å²) >= 11 is 0. The van der Waals surface area contributed by atoms with Crippen LogP contribution in [0, 0.1) is 0 Å². The van der Waals surface area contributed by atoms with Crippen LogP contribution >= 0.6 is 0 Å². The highest BCUT2D eigenvalue weighted by Gasteiger charge is 2.10. The van der Waals surface area contributed by atoms with Gasteiger partial charge in [0.2, 0.25) is 0 Å². The number of nitrogens with one attached hydrogen (secondary N) is 1. The molecule has 0 spiro atoms. The van der Waals surface area contributed by atoms with Crippen LogP contribution in [-0.2, 0) is 14.3 Å². The molecule has 0 fully saturated rings. The Labute approximate surface area is 135 Å². The van der Waals surface area contributed by atoms with E-state index in [0.29, 0.717) is 5.75 Å². The molecule has 1 amide bonds. The van der Waals surface area contributed by atoms with Crippen LogP contribution < -0.4 is 10.1 Å². The molecule has 0 saturated heterocycles. The first-order valence-corrected chi connectivity index (χ1v) is 7.65. The molecule has 2 rings (SSSR count). The zero-order valence-electron chi connectivity index (χ0n) is 13.4. The molecule has 0 bridgehead atoms. The van der Waals surface area contributed by atoms with Crippen LogP contribution in [0.15, 0.2) is 42.5 Å². The van der Waals surface area contributed by atoms with Crippen molar-refractivity contribution in [3.05, 3.63) is 42.5 Å². The molecule has 1 N–H and O–H groups in total. The summed E-state index contributed by atoms with van der Waals surface area (Å²) in [5.74, 6) is -0.291. The van der Waals surface area contributed by atoms with Crippen LogP contribution in [-0.4, -0.2) is 31.1 Å². The second-order valence-corrected chi connectivity index (χ2v) is 5.34. The van der Waals surface area contributed by atoms with Gasteiger partial charge in [-0.15, -0.1) is 0 Å². The third kappa shape index (κ3) is 5.29. The minimum atomic E-state index is -0.572. The molecular formula is C18H21NO4. The van der Waals surface area contributed by atoms with E-state index in [1.165, 1.54) is 0 Å². The van der Waals surface area contributed by atoms with Gasteiger partial charge >= 0.3 is 5.97 Å². The summed E-state index contributed by atoms with van der Waals surface area (Å²) in [5, 5.41) is 4.86. The van der Waals surface area contributed by atoms with E-state index in [1.807, 2.05) is 50.2 Å². The van der Waals surface area contributed by atoms with Gasteiger partial charge in [0.15, 0.2) is 13.2 Å². The van der Waals surface area contributed by atoms with Crippen LogP contribution in [0.3, 0.4) is 0 Å². The van der Waals surface area contributed by atoms with Crippen molar-refractivity contribution in [1.29, 1.82) is 0 Å². The molecule has 1 atom stereocenters. The third-order valence-corrected chi connectivity index (χ3v) is 3.46. The van der Waals surface area contributed by atoms with Gasteiger partial charge in [0.25, 0.3) is 5.91 Å². The van der Waals surface area contributed by atoms with Crippen LogP contribution in [0.1, 0.15) is 20.3 Å². The summed E-state index contributed by atoms with van der Waals surface area (Å²) in [6.07, 6.45) is 0.824. The predicted octanol–water partition coefficient (Wildman–Crippen LogP) is 2.68. The Morgan fingerprint density at radius 3 is 2.57 bits per heavy atom. The number of fused-ring (bicyclic) bond motifs is 1. The fourth-order valence-corrected chi connectivity index (χ4v) is 2.01. The molecule has 0 unspecified atom stereocenters. The summed E-state index contributed by atoms with van der Waals surface area (Å²) in [7, 11) is 0. The highest BCUT2D eigenvalue weighted by Crippen LogP contribution is 2.20. The predicted molar refractivity (Wildman–Crippen MR) is 88.3 cm³/mol. The smallest absolute Gasteiger partial charge is 0.344 e. The molecule has 0 saturated carbocycles. The molecule has 0 aliphatic carbocycles. The van der Waals surface area contributed by atoms with E-state index < -0.39 is 5.97 Å². The lowest BCUT2D eigenvalue weighted by Gasteiger charge is -2.11. The first-order chi connectivity index (χ1) is 11.1. The fraction of sp³-hybridized carbons (Fsp3) is 0.333. The van der Waals surface area contributed by atoms with Gasteiger partial charge in [0.1, 0.15) is 5.75 Å². The van der Waals surface area contributed by atoms with Crippen molar-refractivity contribution in [3.63, 3.8) is 0 Å². The Hall–Kier alpha value is -2.56. The van der Waals surface area contributed by atoms with Crippen molar-refractivity contribution >= 4 is 22.6 Å². The van der Waals surface area contributed by atoms with Gasteiger partial charge in [-0.1, -0.05) is 37.3 Å². The Morgan fingerprint density at radius 2 is 1.83 bits per heavy atom. The van der Waals surface area contributed by atoms with E-state index in [1.54, 1.807) is 6.07 Å². The van der Waals surface area contributed by atoms with Gasteiger partial charge in [0.05, 0.1) is 0 Å². The molecule has 0 aromatic heterocycles. The number of ether oxygens (including phenoxy) is 2. The van der Waals surface area contributed by atoms with Crippen molar-refractivity contribution < 1.29 is 19.1 Å². The van der Waals surface area contributed by atoms with Gasteiger partial charge in [-0.2, -0.15) is 0 Å². The maximum absolute atomic E-state index is 11.6. The van der Waals surface area contributed by atoms with Gasteiger partial charge < -0.3 is 14.8 Å². The van der Waals surface area contributed by atoms with E-state index in [-0.39, 0.29) is 25.2 Å². The quantitative estimate of drug-likeness (QED) is 0.798. The largest absolute Gasteiger partial charge is 0.482 e. The standard InChI is InChI=1S/C18H21NO4/c1-3-13(2)19-17(20)11-23-18(21)12-22-16-9-8-14-6-4-5-7-15(14)10-16/h4-10,13H,3,11-12H2,1-2H3,(H,19,20)/t13-/m0/s1. The lowest BCUT2D eigenvalue weighted by atomic mass is 10.1. The molecule has 2 aromatic carbocycles. The molecule has 0 aliphatic rings. The van der Waals surface area contributed by atoms with E-state index in [9.17, 15) is 9.59 Å². The number of rotatable bonds is 7. The summed E-state index contributed by atoms with van der Waals surface area (Å²) < 4.78 is 10.3. The highest BCUT2D eigenvalue weighted by molar-refractivity contribution is 5.84. The molecule has 5 heteroatoms. The summed E-state index contributed by atoms with van der Waals surface area (Å²) in [5.41, 5.74) is 0. The zero-order chi connectivity index (χ0) is 16.7. The molecule has 23 heavy (non-hydrogen) atoms. The van der Waals surface area contributed by atoms with Crippen LogP contribution in [0.4, 0.5) is 0 Å². The summed E-state index contributed by atoms with van der Waals surface area (Å²) in [6, 6.07) is 13.5. The number of esters is 1. The number of carbonyl (C=O) groups excluding carboxylic acids is 2. The number of benzene rings is 2. The highest BCUT2D eigenvalue weighted by atomic mass is 16.6. The van der Waals surface area contributed by atoms with Crippen molar-refractivity contribution in [2.75, 3.05) is 13.2 Å². The van der Waals surface area contributed by atoms with Crippen molar-refractivity contribution in [2.24, 2.45) is 0 Å². The first-order valence-electron chi connectivity index (χ1n) is 7.65. The second-order valence-electron chi connectivity index (χ2n) is 5.34. The molecule has 0 aliphatic heterocycles. The Kier molecular flexibility index (Phi) is 5.97. The molecule has 2 aromatic rings. The van der Waals surface area contributed by atoms with E-state index in [2.05, 4.69) is 5.32 Å². The lowest BCUT2D eigenvalue weighted by molar-refractivity contribution is -0.150. The molecule has 122 valence electrons. The molecule has 0 heterocycles. The molecule has 5 nitrogen and oxygen atoms in total. The monoisotopic (exact) mass is 315 g/mol. The van der Waals surface area contributed by atoms with Gasteiger partial charge in [0, 0.05) is 6.04 Å². The van der Waals surface area contributed by atoms with Crippen LogP contribution in [0.5, 0.6) is 5.75 Å². The minimum Gasteiger partial charge on any atom is -0.482 e. The van der Waals surface area contributed by atoms with Crippen molar-refractivity contribution in [1.82, 2.24) is 5.32 Å². The lowest BCUT2D eigenvalue weighted by Crippen LogP contribution is -2.35. The van der Waals surface area contributed by atoms with E-state index in [4.69, 9.17) is 9.47 Å². The maximum Gasteiger partial charge on any atom is 0.344 e.